The molecule has 2 rings (SSSR count). The molecule has 1 aromatic carbocycles. The second-order valence-electron chi connectivity index (χ2n) is 3.17. The summed E-state index contributed by atoms with van der Waals surface area (Å²) in [4.78, 5) is 0. The van der Waals surface area contributed by atoms with Gasteiger partial charge in [0.15, 0.2) is 5.56 Å². The summed E-state index contributed by atoms with van der Waals surface area (Å²) in [6, 6.07) is 3.37. The maximum Gasteiger partial charge on any atom is 0.165 e. The summed E-state index contributed by atoms with van der Waals surface area (Å²) in [6.07, 6.45) is 0. The zero-order valence-electron chi connectivity index (χ0n) is 6.85. The Morgan fingerprint density at radius 1 is 1.46 bits per heavy atom. The summed E-state index contributed by atoms with van der Waals surface area (Å²) in [7, 11) is 0. The van der Waals surface area contributed by atoms with Crippen molar-refractivity contribution in [2.45, 2.75) is 18.1 Å². The first-order valence-corrected chi connectivity index (χ1v) is 4.25. The van der Waals surface area contributed by atoms with Crippen LogP contribution in [0, 0.1) is 11.6 Å². The van der Waals surface area contributed by atoms with E-state index in [0.29, 0.717) is 5.56 Å². The SMILES string of the molecule is CC1(c2ccc(F)cc2F)OC1Cl. The average Bonchev–Trinajstić information content (AvgIpc) is 2.59. The Morgan fingerprint density at radius 3 is 2.54 bits per heavy atom. The molecular weight excluding hydrogens is 198 g/mol. The van der Waals surface area contributed by atoms with Crippen molar-refractivity contribution in [1.82, 2.24) is 0 Å². The summed E-state index contributed by atoms with van der Waals surface area (Å²) in [5.41, 5.74) is -1.01. The van der Waals surface area contributed by atoms with Gasteiger partial charge >= 0.3 is 0 Å². The van der Waals surface area contributed by atoms with Crippen molar-refractivity contribution < 1.29 is 13.5 Å². The number of epoxide rings is 1. The topological polar surface area (TPSA) is 12.5 Å². The van der Waals surface area contributed by atoms with Crippen molar-refractivity contribution in [3.63, 3.8) is 0 Å². The van der Waals surface area contributed by atoms with E-state index in [2.05, 4.69) is 0 Å². The van der Waals surface area contributed by atoms with Crippen LogP contribution in [-0.2, 0) is 10.3 Å². The standard InChI is InChI=1S/C9H7ClF2O/c1-9(8(10)13-9)6-3-2-5(11)4-7(6)12/h2-4,8H,1H3. The normalized spacial score (nSPS) is 31.8. The van der Waals surface area contributed by atoms with Crippen LogP contribution >= 0.6 is 11.6 Å². The summed E-state index contributed by atoms with van der Waals surface area (Å²) in [6.45, 7) is 1.67. The third kappa shape index (κ3) is 1.32. The zero-order chi connectivity index (χ0) is 9.64. The molecule has 70 valence electrons. The van der Waals surface area contributed by atoms with Crippen molar-refractivity contribution in [3.8, 4) is 0 Å². The first-order valence-electron chi connectivity index (χ1n) is 3.81. The molecule has 0 amide bonds. The van der Waals surface area contributed by atoms with Gasteiger partial charge in [-0.2, -0.15) is 0 Å². The predicted octanol–water partition coefficient (Wildman–Crippen LogP) is 2.78. The Labute approximate surface area is 79.3 Å². The highest BCUT2D eigenvalue weighted by atomic mass is 35.5. The Balaban J connectivity index is 2.42. The van der Waals surface area contributed by atoms with Crippen molar-refractivity contribution in [2.24, 2.45) is 0 Å². The molecule has 4 heteroatoms. The molecule has 13 heavy (non-hydrogen) atoms. The van der Waals surface area contributed by atoms with E-state index in [1.807, 2.05) is 0 Å². The van der Waals surface area contributed by atoms with Gasteiger partial charge in [-0.15, -0.1) is 0 Å². The van der Waals surface area contributed by atoms with E-state index < -0.39 is 22.8 Å². The van der Waals surface area contributed by atoms with Gasteiger partial charge in [0.25, 0.3) is 0 Å². The van der Waals surface area contributed by atoms with Crippen molar-refractivity contribution in [3.05, 3.63) is 35.4 Å². The number of halogens is 3. The number of hydrogen-bond acceptors (Lipinski definition) is 1. The Morgan fingerprint density at radius 2 is 2.08 bits per heavy atom. The van der Waals surface area contributed by atoms with E-state index in [0.717, 1.165) is 6.07 Å². The summed E-state index contributed by atoms with van der Waals surface area (Å²) >= 11 is 5.66. The minimum absolute atomic E-state index is 0.300. The number of benzene rings is 1. The van der Waals surface area contributed by atoms with Crippen molar-refractivity contribution in [2.75, 3.05) is 0 Å². The molecule has 0 radical (unpaired) electrons. The van der Waals surface area contributed by atoms with Crippen molar-refractivity contribution in [1.29, 1.82) is 0 Å². The molecule has 0 spiro atoms. The highest BCUT2D eigenvalue weighted by Crippen LogP contribution is 2.48. The number of ether oxygens (including phenoxy) is 1. The third-order valence-electron chi connectivity index (χ3n) is 2.19. The zero-order valence-corrected chi connectivity index (χ0v) is 7.61. The largest absolute Gasteiger partial charge is 0.344 e. The fourth-order valence-corrected chi connectivity index (χ4v) is 1.56. The molecule has 1 nitrogen and oxygen atoms in total. The maximum atomic E-state index is 13.2. The molecule has 1 heterocycles. The monoisotopic (exact) mass is 204 g/mol. The van der Waals surface area contributed by atoms with E-state index in [1.54, 1.807) is 6.92 Å². The highest BCUT2D eigenvalue weighted by molar-refractivity contribution is 6.22. The third-order valence-corrected chi connectivity index (χ3v) is 2.70. The van der Waals surface area contributed by atoms with Crippen LogP contribution in [0.25, 0.3) is 0 Å². The molecule has 1 aromatic rings. The highest BCUT2D eigenvalue weighted by Gasteiger charge is 2.54. The van der Waals surface area contributed by atoms with Gasteiger partial charge in [-0.3, -0.25) is 0 Å². The molecule has 2 unspecified atom stereocenters. The second kappa shape index (κ2) is 2.66. The van der Waals surface area contributed by atoms with Crippen LogP contribution in [0.5, 0.6) is 0 Å². The molecule has 0 N–H and O–H groups in total. The van der Waals surface area contributed by atoms with E-state index in [4.69, 9.17) is 16.3 Å². The van der Waals surface area contributed by atoms with Crippen LogP contribution in [0.3, 0.4) is 0 Å². The van der Waals surface area contributed by atoms with Crippen LogP contribution < -0.4 is 0 Å². The first kappa shape index (κ1) is 8.91. The summed E-state index contributed by atoms with van der Waals surface area (Å²) in [5.74, 6) is -1.22. The van der Waals surface area contributed by atoms with Gasteiger partial charge in [-0.05, 0) is 13.0 Å². The van der Waals surface area contributed by atoms with E-state index in [9.17, 15) is 8.78 Å². The first-order chi connectivity index (χ1) is 6.04. The molecule has 0 bridgehead atoms. The lowest BCUT2D eigenvalue weighted by molar-refractivity contribution is 0.317. The fourth-order valence-electron chi connectivity index (χ4n) is 1.26. The Bertz CT molecular complexity index is 355. The lowest BCUT2D eigenvalue weighted by Crippen LogP contribution is -2.07. The smallest absolute Gasteiger partial charge is 0.165 e. The lowest BCUT2D eigenvalue weighted by atomic mass is 10.0. The molecule has 1 fully saturated rings. The van der Waals surface area contributed by atoms with Crippen LogP contribution in [0.15, 0.2) is 18.2 Å². The molecule has 1 aliphatic rings. The molecule has 2 atom stereocenters. The van der Waals surface area contributed by atoms with E-state index >= 15 is 0 Å². The van der Waals surface area contributed by atoms with Crippen LogP contribution in [0.4, 0.5) is 8.78 Å². The Kier molecular flexibility index (Phi) is 1.82. The molecule has 1 saturated heterocycles. The minimum atomic E-state index is -0.792. The number of alkyl halides is 1. The van der Waals surface area contributed by atoms with Gasteiger partial charge in [0.2, 0.25) is 0 Å². The number of rotatable bonds is 1. The molecule has 0 aliphatic carbocycles. The Hall–Kier alpha value is -0.670. The van der Waals surface area contributed by atoms with E-state index in [1.165, 1.54) is 12.1 Å². The van der Waals surface area contributed by atoms with E-state index in [-0.39, 0.29) is 0 Å². The van der Waals surface area contributed by atoms with Crippen LogP contribution in [0.2, 0.25) is 0 Å². The van der Waals surface area contributed by atoms with Gasteiger partial charge < -0.3 is 4.74 Å². The second-order valence-corrected chi connectivity index (χ2v) is 3.56. The molecule has 0 aromatic heterocycles. The fraction of sp³-hybridized carbons (Fsp3) is 0.333. The number of hydrogen-bond donors (Lipinski definition) is 0. The average molecular weight is 205 g/mol. The molecule has 1 aliphatic heterocycles. The van der Waals surface area contributed by atoms with Gasteiger partial charge in [0.05, 0.1) is 0 Å². The van der Waals surface area contributed by atoms with Gasteiger partial charge in [0, 0.05) is 11.6 Å². The van der Waals surface area contributed by atoms with Crippen molar-refractivity contribution >= 4 is 11.6 Å². The van der Waals surface area contributed by atoms with Gasteiger partial charge in [-0.25, -0.2) is 8.78 Å². The quantitative estimate of drug-likeness (QED) is 0.506. The molecule has 0 saturated carbocycles. The summed E-state index contributed by atoms with van der Waals surface area (Å²) < 4.78 is 30.7. The summed E-state index contributed by atoms with van der Waals surface area (Å²) in [5, 5.41) is 0. The lowest BCUT2D eigenvalue weighted by Gasteiger charge is -2.06. The molecular formula is C9H7ClF2O. The minimum Gasteiger partial charge on any atom is -0.344 e. The predicted molar refractivity (Wildman–Crippen MR) is 44.4 cm³/mol. The van der Waals surface area contributed by atoms with Crippen LogP contribution in [0.1, 0.15) is 12.5 Å². The maximum absolute atomic E-state index is 13.2. The van der Waals surface area contributed by atoms with Crippen LogP contribution in [-0.4, -0.2) is 5.56 Å². The van der Waals surface area contributed by atoms with Gasteiger partial charge in [-0.1, -0.05) is 17.7 Å². The van der Waals surface area contributed by atoms with Gasteiger partial charge in [0.1, 0.15) is 17.2 Å².